The van der Waals surface area contributed by atoms with E-state index in [0.717, 1.165) is 11.8 Å². The van der Waals surface area contributed by atoms with E-state index < -0.39 is 11.9 Å². The number of thiazole rings is 1. The molecule has 4 aromatic heterocycles. The van der Waals surface area contributed by atoms with Crippen molar-refractivity contribution in [2.45, 2.75) is 30.6 Å². The van der Waals surface area contributed by atoms with E-state index in [1.807, 2.05) is 0 Å². The van der Waals surface area contributed by atoms with E-state index in [9.17, 15) is 13.2 Å². The first-order valence-corrected chi connectivity index (χ1v) is 10.3. The maximum atomic E-state index is 13.1. The summed E-state index contributed by atoms with van der Waals surface area (Å²) in [5.74, 6) is 0.930. The molecule has 11 nitrogen and oxygen atoms in total. The molecule has 0 bridgehead atoms. The fourth-order valence-electron chi connectivity index (χ4n) is 2.46. The number of nitrogens with zero attached hydrogens (tertiary/aromatic N) is 8. The van der Waals surface area contributed by atoms with E-state index in [0.29, 0.717) is 46.5 Å². The molecule has 0 spiro atoms. The zero-order valence-corrected chi connectivity index (χ0v) is 17.3. The first kappa shape index (κ1) is 21.0. The molecule has 4 heterocycles. The topological polar surface area (TPSA) is 160 Å². The van der Waals surface area contributed by atoms with Gasteiger partial charge in [0.05, 0.1) is 12.2 Å². The molecule has 4 aromatic rings. The summed E-state index contributed by atoms with van der Waals surface area (Å²) in [4.78, 5) is 11.2. The first-order chi connectivity index (χ1) is 14.7. The zero-order chi connectivity index (χ0) is 22.2. The number of nitrogens with two attached hydrogens (primary N) is 2. The number of aromatic nitrogens is 8. The number of hydrogen-bond donors (Lipinski definition) is 2. The second-order valence-electron chi connectivity index (χ2n) is 6.12. The molecule has 0 aliphatic rings. The summed E-state index contributed by atoms with van der Waals surface area (Å²) in [5, 5.41) is 15.3. The van der Waals surface area contributed by atoms with Crippen molar-refractivity contribution in [3.63, 3.8) is 0 Å². The number of alkyl halides is 3. The highest BCUT2D eigenvalue weighted by atomic mass is 32.2. The molecule has 0 fully saturated rings. The molecule has 0 saturated carbocycles. The van der Waals surface area contributed by atoms with Gasteiger partial charge in [0, 0.05) is 23.7 Å². The molecule has 0 aromatic carbocycles. The van der Waals surface area contributed by atoms with Gasteiger partial charge in [0.25, 0.3) is 11.1 Å². The van der Waals surface area contributed by atoms with Gasteiger partial charge in [-0.05, 0) is 6.92 Å². The fraction of sp³-hybridized carbons (Fsp3) is 0.267. The van der Waals surface area contributed by atoms with Crippen LogP contribution in [0.1, 0.15) is 22.8 Å². The number of rotatable bonds is 6. The van der Waals surface area contributed by atoms with E-state index in [2.05, 4.69) is 35.5 Å². The number of nitrogen functional groups attached to an aromatic ring is 2. The van der Waals surface area contributed by atoms with Gasteiger partial charge >= 0.3 is 6.18 Å². The Hall–Kier alpha value is -3.27. The van der Waals surface area contributed by atoms with Crippen LogP contribution >= 0.6 is 23.1 Å². The van der Waals surface area contributed by atoms with Crippen molar-refractivity contribution >= 4 is 34.0 Å². The summed E-state index contributed by atoms with van der Waals surface area (Å²) in [6, 6.07) is 0. The Kier molecular flexibility index (Phi) is 5.48. The molecule has 0 unspecified atom stereocenters. The van der Waals surface area contributed by atoms with Gasteiger partial charge in [-0.15, -0.1) is 15.3 Å². The first-order valence-electron chi connectivity index (χ1n) is 8.46. The second kappa shape index (κ2) is 8.10. The number of halogens is 3. The third kappa shape index (κ3) is 4.74. The van der Waals surface area contributed by atoms with Crippen molar-refractivity contribution < 1.29 is 17.6 Å². The highest BCUT2D eigenvalue weighted by Gasteiger charge is 2.39. The zero-order valence-electron chi connectivity index (χ0n) is 15.7. The molecule has 4 N–H and O–H groups in total. The van der Waals surface area contributed by atoms with Crippen LogP contribution in [-0.2, 0) is 18.5 Å². The summed E-state index contributed by atoms with van der Waals surface area (Å²) in [7, 11) is 0. The Morgan fingerprint density at radius 2 is 2.00 bits per heavy atom. The van der Waals surface area contributed by atoms with Crippen molar-refractivity contribution in [3.8, 4) is 10.8 Å². The van der Waals surface area contributed by atoms with Crippen LogP contribution in [0, 0.1) is 6.92 Å². The Labute approximate surface area is 180 Å². The monoisotopic (exact) mass is 470 g/mol. The van der Waals surface area contributed by atoms with Crippen molar-refractivity contribution in [2.24, 2.45) is 0 Å². The SMILES string of the molecule is Cc1ncc(Cn2cc(CSc3nnc(-c4sc(N)nc4C(F)(F)F)o3)nn2)c(N)n1. The lowest BCUT2D eigenvalue weighted by molar-refractivity contribution is -0.140. The van der Waals surface area contributed by atoms with Crippen molar-refractivity contribution in [1.82, 2.24) is 40.1 Å². The Morgan fingerprint density at radius 1 is 1.19 bits per heavy atom. The summed E-state index contributed by atoms with van der Waals surface area (Å²) in [5.41, 5.74) is 11.4. The summed E-state index contributed by atoms with van der Waals surface area (Å²) >= 11 is 1.72. The minimum atomic E-state index is -4.68. The average molecular weight is 470 g/mol. The highest BCUT2D eigenvalue weighted by Crippen LogP contribution is 2.41. The highest BCUT2D eigenvalue weighted by molar-refractivity contribution is 7.98. The largest absolute Gasteiger partial charge is 0.435 e. The second-order valence-corrected chi connectivity index (χ2v) is 8.08. The molecule has 0 aliphatic carbocycles. The predicted molar refractivity (Wildman–Crippen MR) is 105 cm³/mol. The Balaban J connectivity index is 1.42. The quantitative estimate of drug-likeness (QED) is 0.398. The van der Waals surface area contributed by atoms with Crippen molar-refractivity contribution in [3.05, 3.63) is 35.2 Å². The maximum absolute atomic E-state index is 13.1. The van der Waals surface area contributed by atoms with Crippen LogP contribution in [0.5, 0.6) is 0 Å². The van der Waals surface area contributed by atoms with E-state index >= 15 is 0 Å². The third-order valence-electron chi connectivity index (χ3n) is 3.79. The number of hydrogen-bond acceptors (Lipinski definition) is 12. The van der Waals surface area contributed by atoms with E-state index in [1.165, 1.54) is 0 Å². The van der Waals surface area contributed by atoms with Crippen LogP contribution in [0.25, 0.3) is 10.8 Å². The molecule has 0 atom stereocenters. The molecule has 0 saturated heterocycles. The Bertz CT molecular complexity index is 1220. The Morgan fingerprint density at radius 3 is 2.74 bits per heavy atom. The normalized spacial score (nSPS) is 11.9. The molecular weight excluding hydrogens is 457 g/mol. The molecule has 0 radical (unpaired) electrons. The van der Waals surface area contributed by atoms with Crippen molar-refractivity contribution in [2.75, 3.05) is 11.5 Å². The van der Waals surface area contributed by atoms with Crippen LogP contribution in [0.2, 0.25) is 0 Å². The molecule has 0 amide bonds. The lowest BCUT2D eigenvalue weighted by Gasteiger charge is -2.04. The van der Waals surface area contributed by atoms with Gasteiger partial charge in [-0.1, -0.05) is 28.3 Å². The summed E-state index contributed by atoms with van der Waals surface area (Å²) in [6.07, 6.45) is -1.38. The predicted octanol–water partition coefficient (Wildman–Crippen LogP) is 2.41. The standard InChI is InChI=1S/C15H13F3N10OS2/c1-6-21-2-7(11(19)22-6)3-28-4-8(24-27-28)5-30-14-26-25-12(29-14)9-10(15(16,17)18)23-13(20)31-9/h2,4H,3,5H2,1H3,(H2,20,23)(H2,19,21,22). The lowest BCUT2D eigenvalue weighted by atomic mass is 10.3. The van der Waals surface area contributed by atoms with Gasteiger partial charge in [0.15, 0.2) is 10.8 Å². The van der Waals surface area contributed by atoms with Gasteiger partial charge < -0.3 is 15.9 Å². The molecule has 31 heavy (non-hydrogen) atoms. The van der Waals surface area contributed by atoms with Crippen LogP contribution < -0.4 is 11.5 Å². The number of thioether (sulfide) groups is 1. The van der Waals surface area contributed by atoms with Gasteiger partial charge in [-0.2, -0.15) is 13.2 Å². The van der Waals surface area contributed by atoms with E-state index in [4.69, 9.17) is 15.9 Å². The van der Waals surface area contributed by atoms with Crippen molar-refractivity contribution in [1.29, 1.82) is 0 Å². The smallest absolute Gasteiger partial charge is 0.410 e. The number of aryl methyl sites for hydroxylation is 1. The van der Waals surface area contributed by atoms with Crippen LogP contribution in [0.3, 0.4) is 0 Å². The van der Waals surface area contributed by atoms with E-state index in [-0.39, 0.29) is 21.1 Å². The molecule has 0 aliphatic heterocycles. The average Bonchev–Trinajstić information content (AvgIpc) is 3.41. The summed E-state index contributed by atoms with van der Waals surface area (Å²) < 4.78 is 46.2. The van der Waals surface area contributed by atoms with Gasteiger partial charge in [-0.3, -0.25) is 0 Å². The maximum Gasteiger partial charge on any atom is 0.435 e. The number of anilines is 2. The van der Waals surface area contributed by atoms with Crippen LogP contribution in [0.15, 0.2) is 22.0 Å². The fourth-order valence-corrected chi connectivity index (χ4v) is 3.87. The third-order valence-corrected chi connectivity index (χ3v) is 5.52. The van der Waals surface area contributed by atoms with Gasteiger partial charge in [0.2, 0.25) is 0 Å². The van der Waals surface area contributed by atoms with Gasteiger partial charge in [-0.25, -0.2) is 19.6 Å². The van der Waals surface area contributed by atoms with Crippen LogP contribution in [0.4, 0.5) is 24.1 Å². The van der Waals surface area contributed by atoms with Crippen LogP contribution in [-0.4, -0.2) is 40.1 Å². The molecule has 16 heteroatoms. The minimum Gasteiger partial charge on any atom is -0.410 e. The lowest BCUT2D eigenvalue weighted by Crippen LogP contribution is -2.07. The summed E-state index contributed by atoms with van der Waals surface area (Å²) in [6.45, 7) is 2.07. The van der Waals surface area contributed by atoms with Gasteiger partial charge in [0.1, 0.15) is 16.5 Å². The molecule has 162 valence electrons. The molecular formula is C15H13F3N10OS2. The van der Waals surface area contributed by atoms with E-state index in [1.54, 1.807) is 24.0 Å². The molecule has 4 rings (SSSR count). The minimum absolute atomic E-state index is 0.0702.